The standard InChI is InChI=1S/C25H31N3O/c1-29-22-9-5-8-21(17-22)28-14-12-27(13-15-28)20-7-4-6-19(16-20)24-18-26-25-11-3-2-10-23(24)25/h2-3,5,8-11,17-20,26H,4,6-7,12-16H2,1H3/t19-,20-/m0/s1. The van der Waals surface area contributed by atoms with Crippen molar-refractivity contribution >= 4 is 16.6 Å². The molecule has 0 spiro atoms. The molecule has 1 aliphatic heterocycles. The van der Waals surface area contributed by atoms with Crippen molar-refractivity contribution in [1.82, 2.24) is 9.88 Å². The second-order valence-electron chi connectivity index (χ2n) is 8.53. The topological polar surface area (TPSA) is 31.5 Å². The summed E-state index contributed by atoms with van der Waals surface area (Å²) in [6, 6.07) is 17.9. The van der Waals surface area contributed by atoms with E-state index in [2.05, 4.69) is 63.4 Å². The van der Waals surface area contributed by atoms with Crippen molar-refractivity contribution in [1.29, 1.82) is 0 Å². The molecule has 2 heterocycles. The van der Waals surface area contributed by atoms with Gasteiger partial charge in [0, 0.05) is 61.1 Å². The Kier molecular flexibility index (Phi) is 5.19. The zero-order chi connectivity index (χ0) is 19.6. The van der Waals surface area contributed by atoms with Gasteiger partial charge in [0.1, 0.15) is 5.75 Å². The van der Waals surface area contributed by atoms with E-state index in [1.165, 1.54) is 47.8 Å². The van der Waals surface area contributed by atoms with Crippen molar-refractivity contribution in [2.75, 3.05) is 38.2 Å². The summed E-state index contributed by atoms with van der Waals surface area (Å²) in [6.45, 7) is 4.51. The number of para-hydroxylation sites is 1. The Hall–Kier alpha value is -2.46. The molecule has 0 amide bonds. The first-order valence-electron chi connectivity index (χ1n) is 11.0. The van der Waals surface area contributed by atoms with Gasteiger partial charge in [-0.1, -0.05) is 30.7 Å². The van der Waals surface area contributed by atoms with Crippen molar-refractivity contribution in [3.63, 3.8) is 0 Å². The number of anilines is 1. The van der Waals surface area contributed by atoms with Gasteiger partial charge in [-0.05, 0) is 48.9 Å². The third-order valence-corrected chi connectivity index (χ3v) is 6.96. The van der Waals surface area contributed by atoms with Crippen molar-refractivity contribution < 1.29 is 4.74 Å². The minimum atomic E-state index is 0.682. The van der Waals surface area contributed by atoms with Crippen LogP contribution in [0, 0.1) is 0 Å². The second kappa shape index (κ2) is 8.11. The average Bonchev–Trinajstić information content (AvgIpc) is 3.24. The predicted molar refractivity (Wildman–Crippen MR) is 120 cm³/mol. The quantitative estimate of drug-likeness (QED) is 0.679. The molecule has 2 fully saturated rings. The lowest BCUT2D eigenvalue weighted by molar-refractivity contribution is 0.139. The fourth-order valence-electron chi connectivity index (χ4n) is 5.36. The Morgan fingerprint density at radius 2 is 1.83 bits per heavy atom. The van der Waals surface area contributed by atoms with E-state index < -0.39 is 0 Å². The molecule has 2 aliphatic rings. The van der Waals surface area contributed by atoms with Gasteiger partial charge >= 0.3 is 0 Å². The molecule has 0 unspecified atom stereocenters. The van der Waals surface area contributed by atoms with Crippen LogP contribution < -0.4 is 9.64 Å². The number of nitrogens with one attached hydrogen (secondary N) is 1. The van der Waals surface area contributed by atoms with Gasteiger partial charge in [0.25, 0.3) is 0 Å². The Balaban J connectivity index is 1.24. The lowest BCUT2D eigenvalue weighted by Gasteiger charge is -2.43. The zero-order valence-electron chi connectivity index (χ0n) is 17.3. The lowest BCUT2D eigenvalue weighted by Crippen LogP contribution is -2.51. The van der Waals surface area contributed by atoms with Gasteiger partial charge in [-0.3, -0.25) is 4.90 Å². The number of H-pyrrole nitrogens is 1. The predicted octanol–water partition coefficient (Wildman–Crippen LogP) is 5.02. The molecule has 3 aromatic rings. The number of aromatic amines is 1. The highest BCUT2D eigenvalue weighted by Crippen LogP contribution is 2.38. The number of ether oxygens (including phenoxy) is 1. The molecule has 2 atom stereocenters. The summed E-state index contributed by atoms with van der Waals surface area (Å²) in [4.78, 5) is 8.73. The number of piperazine rings is 1. The van der Waals surface area contributed by atoms with Gasteiger partial charge in [0.2, 0.25) is 0 Å². The summed E-state index contributed by atoms with van der Waals surface area (Å²) < 4.78 is 5.40. The van der Waals surface area contributed by atoms with E-state index in [0.717, 1.165) is 38.0 Å². The van der Waals surface area contributed by atoms with Crippen LogP contribution in [-0.2, 0) is 0 Å². The van der Waals surface area contributed by atoms with E-state index in [-0.39, 0.29) is 0 Å². The molecule has 1 saturated carbocycles. The van der Waals surface area contributed by atoms with Crippen molar-refractivity contribution in [2.45, 2.75) is 37.6 Å². The lowest BCUT2D eigenvalue weighted by atomic mass is 9.80. The molecule has 0 bridgehead atoms. The third kappa shape index (κ3) is 3.74. The highest BCUT2D eigenvalue weighted by Gasteiger charge is 2.30. The highest BCUT2D eigenvalue weighted by atomic mass is 16.5. The number of hydrogen-bond acceptors (Lipinski definition) is 3. The number of hydrogen-bond donors (Lipinski definition) is 1. The molecule has 152 valence electrons. The SMILES string of the molecule is COc1cccc(N2CCN([C@H]3CCC[C@H](c4c[nH]c5ccccc45)C3)CC2)c1. The Bertz CT molecular complexity index is 957. The van der Waals surface area contributed by atoms with Crippen LogP contribution in [0.4, 0.5) is 5.69 Å². The molecular weight excluding hydrogens is 358 g/mol. The van der Waals surface area contributed by atoms with Crippen LogP contribution in [0.5, 0.6) is 5.75 Å². The van der Waals surface area contributed by atoms with Crippen LogP contribution in [-0.4, -0.2) is 49.2 Å². The van der Waals surface area contributed by atoms with Crippen LogP contribution in [0.25, 0.3) is 10.9 Å². The summed E-state index contributed by atoms with van der Waals surface area (Å²) in [5.74, 6) is 1.63. The summed E-state index contributed by atoms with van der Waals surface area (Å²) in [5.41, 5.74) is 4.08. The fourth-order valence-corrected chi connectivity index (χ4v) is 5.36. The monoisotopic (exact) mass is 389 g/mol. The highest BCUT2D eigenvalue weighted by molar-refractivity contribution is 5.83. The minimum Gasteiger partial charge on any atom is -0.497 e. The van der Waals surface area contributed by atoms with Crippen LogP contribution in [0.3, 0.4) is 0 Å². The summed E-state index contributed by atoms with van der Waals surface area (Å²) in [6.07, 6.45) is 7.56. The van der Waals surface area contributed by atoms with Gasteiger partial charge < -0.3 is 14.6 Å². The molecule has 1 N–H and O–H groups in total. The largest absolute Gasteiger partial charge is 0.497 e. The third-order valence-electron chi connectivity index (χ3n) is 6.96. The number of fused-ring (bicyclic) bond motifs is 1. The summed E-state index contributed by atoms with van der Waals surface area (Å²) in [7, 11) is 1.74. The number of rotatable bonds is 4. The van der Waals surface area contributed by atoms with E-state index >= 15 is 0 Å². The first-order chi connectivity index (χ1) is 14.3. The first kappa shape index (κ1) is 18.6. The number of methoxy groups -OCH3 is 1. The van der Waals surface area contributed by atoms with Crippen LogP contribution in [0.1, 0.15) is 37.2 Å². The van der Waals surface area contributed by atoms with E-state index in [1.807, 2.05) is 6.07 Å². The molecule has 4 nitrogen and oxygen atoms in total. The Labute approximate surface area is 173 Å². The number of aromatic nitrogens is 1. The molecule has 1 aromatic heterocycles. The van der Waals surface area contributed by atoms with E-state index in [4.69, 9.17) is 4.74 Å². The van der Waals surface area contributed by atoms with Gasteiger partial charge in [-0.2, -0.15) is 0 Å². The molecule has 0 radical (unpaired) electrons. The molecule has 1 aliphatic carbocycles. The molecule has 29 heavy (non-hydrogen) atoms. The maximum absolute atomic E-state index is 5.40. The first-order valence-corrected chi connectivity index (χ1v) is 11.0. The average molecular weight is 390 g/mol. The molecule has 4 heteroatoms. The van der Waals surface area contributed by atoms with Crippen LogP contribution in [0.15, 0.2) is 54.7 Å². The molecular formula is C25H31N3O. The maximum atomic E-state index is 5.40. The van der Waals surface area contributed by atoms with Crippen LogP contribution >= 0.6 is 0 Å². The van der Waals surface area contributed by atoms with Crippen molar-refractivity contribution in [3.05, 3.63) is 60.3 Å². The fraction of sp³-hybridized carbons (Fsp3) is 0.440. The van der Waals surface area contributed by atoms with Crippen LogP contribution in [0.2, 0.25) is 0 Å². The van der Waals surface area contributed by atoms with Crippen molar-refractivity contribution in [3.8, 4) is 5.75 Å². The summed E-state index contributed by atoms with van der Waals surface area (Å²) in [5, 5.41) is 1.42. The minimum absolute atomic E-state index is 0.682. The molecule has 1 saturated heterocycles. The Morgan fingerprint density at radius 3 is 2.69 bits per heavy atom. The van der Waals surface area contributed by atoms with Gasteiger partial charge in [-0.25, -0.2) is 0 Å². The number of benzene rings is 2. The molecule has 2 aromatic carbocycles. The smallest absolute Gasteiger partial charge is 0.120 e. The van der Waals surface area contributed by atoms with Crippen molar-refractivity contribution in [2.24, 2.45) is 0 Å². The second-order valence-corrected chi connectivity index (χ2v) is 8.53. The molecule has 5 rings (SSSR count). The summed E-state index contributed by atoms with van der Waals surface area (Å²) >= 11 is 0. The maximum Gasteiger partial charge on any atom is 0.120 e. The van der Waals surface area contributed by atoms with E-state index in [9.17, 15) is 0 Å². The van der Waals surface area contributed by atoms with Gasteiger partial charge in [0.15, 0.2) is 0 Å². The van der Waals surface area contributed by atoms with Gasteiger partial charge in [-0.15, -0.1) is 0 Å². The normalized spacial score (nSPS) is 23.4. The van der Waals surface area contributed by atoms with E-state index in [1.54, 1.807) is 7.11 Å². The zero-order valence-corrected chi connectivity index (χ0v) is 17.3. The number of nitrogens with zero attached hydrogens (tertiary/aromatic N) is 2. The van der Waals surface area contributed by atoms with E-state index in [0.29, 0.717) is 5.92 Å². The Morgan fingerprint density at radius 1 is 0.966 bits per heavy atom. The van der Waals surface area contributed by atoms with Gasteiger partial charge in [0.05, 0.1) is 7.11 Å².